The maximum Gasteiger partial charge on any atom is 0.255 e. The van der Waals surface area contributed by atoms with Gasteiger partial charge in [-0.3, -0.25) is 4.79 Å². The van der Waals surface area contributed by atoms with Gasteiger partial charge in [-0.25, -0.2) is 4.39 Å². The van der Waals surface area contributed by atoms with Gasteiger partial charge in [0, 0.05) is 12.3 Å². The van der Waals surface area contributed by atoms with E-state index in [0.29, 0.717) is 12.2 Å². The van der Waals surface area contributed by atoms with Crippen LogP contribution in [0.3, 0.4) is 0 Å². The molecular formula is C12H13ClFNO2S. The largest absolute Gasteiger partial charge is 0.387 e. The van der Waals surface area contributed by atoms with Crippen molar-refractivity contribution >= 4 is 29.3 Å². The van der Waals surface area contributed by atoms with E-state index in [1.54, 1.807) is 11.8 Å². The molecule has 1 saturated heterocycles. The van der Waals surface area contributed by atoms with Gasteiger partial charge in [-0.2, -0.15) is 11.8 Å². The molecule has 1 aromatic rings. The van der Waals surface area contributed by atoms with Crippen LogP contribution in [-0.2, 0) is 0 Å². The fourth-order valence-electron chi connectivity index (χ4n) is 1.78. The highest BCUT2D eigenvalue weighted by Crippen LogP contribution is 2.27. The van der Waals surface area contributed by atoms with E-state index in [0.717, 1.165) is 5.75 Å². The molecule has 1 atom stereocenters. The predicted molar refractivity (Wildman–Crippen MR) is 70.6 cm³/mol. The second-order valence-corrected chi connectivity index (χ2v) is 5.82. The quantitative estimate of drug-likeness (QED) is 0.896. The maximum absolute atomic E-state index is 13.5. The van der Waals surface area contributed by atoms with Crippen LogP contribution in [0.4, 0.5) is 4.39 Å². The molecule has 0 saturated carbocycles. The number of halogens is 2. The summed E-state index contributed by atoms with van der Waals surface area (Å²) in [4.78, 5) is 11.8. The SMILES string of the molecule is O=C(NCC1(O)CCSC1)c1c(F)cccc1Cl. The van der Waals surface area contributed by atoms with Crippen LogP contribution in [0.5, 0.6) is 0 Å². The van der Waals surface area contributed by atoms with Crippen LogP contribution in [0.25, 0.3) is 0 Å². The first-order chi connectivity index (χ1) is 8.52. The summed E-state index contributed by atoms with van der Waals surface area (Å²) in [5.74, 6) is 0.196. The monoisotopic (exact) mass is 289 g/mol. The van der Waals surface area contributed by atoms with E-state index in [2.05, 4.69) is 5.32 Å². The van der Waals surface area contributed by atoms with E-state index in [1.165, 1.54) is 18.2 Å². The van der Waals surface area contributed by atoms with E-state index >= 15 is 0 Å². The average molecular weight is 290 g/mol. The number of hydrogen-bond donors (Lipinski definition) is 2. The van der Waals surface area contributed by atoms with Crippen molar-refractivity contribution in [2.75, 3.05) is 18.1 Å². The summed E-state index contributed by atoms with van der Waals surface area (Å²) in [6, 6.07) is 4.08. The van der Waals surface area contributed by atoms with Gasteiger partial charge in [0.25, 0.3) is 5.91 Å². The Balaban J connectivity index is 2.04. The van der Waals surface area contributed by atoms with Crippen molar-refractivity contribution in [2.45, 2.75) is 12.0 Å². The maximum atomic E-state index is 13.5. The number of carbonyl (C=O) groups is 1. The first-order valence-electron chi connectivity index (χ1n) is 5.54. The molecule has 0 bridgehead atoms. The van der Waals surface area contributed by atoms with Crippen molar-refractivity contribution in [3.63, 3.8) is 0 Å². The zero-order chi connectivity index (χ0) is 13.2. The van der Waals surface area contributed by atoms with Crippen LogP contribution in [-0.4, -0.2) is 34.7 Å². The Hall–Kier alpha value is -0.780. The van der Waals surface area contributed by atoms with Gasteiger partial charge in [0.05, 0.1) is 16.2 Å². The van der Waals surface area contributed by atoms with E-state index in [1.807, 2.05) is 0 Å². The molecule has 6 heteroatoms. The second-order valence-electron chi connectivity index (χ2n) is 4.31. The molecule has 1 fully saturated rings. The molecule has 2 rings (SSSR count). The Bertz CT molecular complexity index is 443. The number of nitrogens with one attached hydrogen (secondary N) is 1. The lowest BCUT2D eigenvalue weighted by molar-refractivity contribution is 0.0611. The molecule has 0 aromatic heterocycles. The van der Waals surface area contributed by atoms with Crippen molar-refractivity contribution in [1.29, 1.82) is 0 Å². The minimum Gasteiger partial charge on any atom is -0.387 e. The van der Waals surface area contributed by atoms with Gasteiger partial charge in [0.1, 0.15) is 5.82 Å². The lowest BCUT2D eigenvalue weighted by Crippen LogP contribution is -2.43. The molecular weight excluding hydrogens is 277 g/mol. The Morgan fingerprint density at radius 1 is 1.61 bits per heavy atom. The van der Waals surface area contributed by atoms with E-state index in [-0.39, 0.29) is 17.1 Å². The standard InChI is InChI=1S/C12H13ClFNO2S/c13-8-2-1-3-9(14)10(8)11(16)15-6-12(17)4-5-18-7-12/h1-3,17H,4-7H2,(H,15,16). The Labute approximate surface area is 114 Å². The van der Waals surface area contributed by atoms with Gasteiger partial charge in [-0.1, -0.05) is 17.7 Å². The third kappa shape index (κ3) is 2.96. The van der Waals surface area contributed by atoms with Crippen LogP contribution < -0.4 is 5.32 Å². The fraction of sp³-hybridized carbons (Fsp3) is 0.417. The smallest absolute Gasteiger partial charge is 0.255 e. The molecule has 0 aliphatic carbocycles. The lowest BCUT2D eigenvalue weighted by atomic mass is 10.0. The zero-order valence-electron chi connectivity index (χ0n) is 9.58. The third-order valence-corrected chi connectivity index (χ3v) is 4.40. The lowest BCUT2D eigenvalue weighted by Gasteiger charge is -2.21. The van der Waals surface area contributed by atoms with Crippen molar-refractivity contribution < 1.29 is 14.3 Å². The second kappa shape index (κ2) is 5.47. The number of carbonyl (C=O) groups excluding carboxylic acids is 1. The molecule has 1 amide bonds. The third-order valence-electron chi connectivity index (χ3n) is 2.85. The molecule has 1 aliphatic heterocycles. The minimum absolute atomic E-state index is 0.0697. The van der Waals surface area contributed by atoms with Gasteiger partial charge in [0.2, 0.25) is 0 Å². The molecule has 1 aromatic carbocycles. The molecule has 18 heavy (non-hydrogen) atoms. The molecule has 98 valence electrons. The number of benzene rings is 1. The van der Waals surface area contributed by atoms with Crippen LogP contribution in [0.2, 0.25) is 5.02 Å². The van der Waals surface area contributed by atoms with Crippen LogP contribution >= 0.6 is 23.4 Å². The number of hydrogen-bond acceptors (Lipinski definition) is 3. The summed E-state index contributed by atoms with van der Waals surface area (Å²) in [7, 11) is 0. The topological polar surface area (TPSA) is 49.3 Å². The van der Waals surface area contributed by atoms with Gasteiger partial charge in [0.15, 0.2) is 0 Å². The number of rotatable bonds is 3. The highest BCUT2D eigenvalue weighted by atomic mass is 35.5. The molecule has 0 radical (unpaired) electrons. The van der Waals surface area contributed by atoms with Crippen molar-refractivity contribution in [3.8, 4) is 0 Å². The Kier molecular flexibility index (Phi) is 4.14. The molecule has 0 spiro atoms. The van der Waals surface area contributed by atoms with Gasteiger partial charge >= 0.3 is 0 Å². The molecule has 1 aliphatic rings. The first-order valence-corrected chi connectivity index (χ1v) is 7.07. The predicted octanol–water partition coefficient (Wildman–Crippen LogP) is 2.08. The van der Waals surface area contributed by atoms with E-state index < -0.39 is 17.3 Å². The van der Waals surface area contributed by atoms with Crippen LogP contribution in [0.1, 0.15) is 16.8 Å². The number of amides is 1. The average Bonchev–Trinajstić information content (AvgIpc) is 2.74. The van der Waals surface area contributed by atoms with Crippen molar-refractivity contribution in [2.24, 2.45) is 0 Å². The number of aliphatic hydroxyl groups is 1. The molecule has 1 heterocycles. The van der Waals surface area contributed by atoms with Gasteiger partial charge in [-0.15, -0.1) is 0 Å². The molecule has 1 unspecified atom stereocenters. The Morgan fingerprint density at radius 2 is 2.39 bits per heavy atom. The summed E-state index contributed by atoms with van der Waals surface area (Å²) in [5.41, 5.74) is -1.06. The fourth-order valence-corrected chi connectivity index (χ4v) is 3.33. The zero-order valence-corrected chi connectivity index (χ0v) is 11.2. The highest BCUT2D eigenvalue weighted by Gasteiger charge is 2.32. The van der Waals surface area contributed by atoms with Crippen molar-refractivity contribution in [1.82, 2.24) is 5.32 Å². The molecule has 3 nitrogen and oxygen atoms in total. The summed E-state index contributed by atoms with van der Waals surface area (Å²) < 4.78 is 13.5. The van der Waals surface area contributed by atoms with E-state index in [4.69, 9.17) is 11.6 Å². The van der Waals surface area contributed by atoms with Crippen LogP contribution in [0, 0.1) is 5.82 Å². The normalized spacial score (nSPS) is 23.1. The highest BCUT2D eigenvalue weighted by molar-refractivity contribution is 7.99. The molecule has 2 N–H and O–H groups in total. The van der Waals surface area contributed by atoms with Crippen molar-refractivity contribution in [3.05, 3.63) is 34.6 Å². The summed E-state index contributed by atoms with van der Waals surface area (Å²) in [5, 5.41) is 12.7. The number of thioether (sulfide) groups is 1. The van der Waals surface area contributed by atoms with Gasteiger partial charge in [-0.05, 0) is 24.3 Å². The van der Waals surface area contributed by atoms with E-state index in [9.17, 15) is 14.3 Å². The summed E-state index contributed by atoms with van der Waals surface area (Å²) in [6.07, 6.45) is 0.628. The minimum atomic E-state index is -0.891. The summed E-state index contributed by atoms with van der Waals surface area (Å²) >= 11 is 7.42. The first kappa shape index (κ1) is 13.6. The van der Waals surface area contributed by atoms with Crippen LogP contribution in [0.15, 0.2) is 18.2 Å². The van der Waals surface area contributed by atoms with Gasteiger partial charge < -0.3 is 10.4 Å². The summed E-state index contributed by atoms with van der Waals surface area (Å²) in [6.45, 7) is 0.115. The Morgan fingerprint density at radius 3 is 3.00 bits per heavy atom.